The van der Waals surface area contributed by atoms with E-state index in [0.29, 0.717) is 0 Å². The number of hydrogen-bond acceptors (Lipinski definition) is 2. The molecular formula is C12H24O2. The van der Waals surface area contributed by atoms with E-state index >= 15 is 0 Å². The summed E-state index contributed by atoms with van der Waals surface area (Å²) < 4.78 is 5.36. The van der Waals surface area contributed by atoms with E-state index in [9.17, 15) is 4.79 Å². The average molecular weight is 200 g/mol. The van der Waals surface area contributed by atoms with Gasteiger partial charge in [0, 0.05) is 0 Å². The van der Waals surface area contributed by atoms with Crippen LogP contribution in [0.25, 0.3) is 0 Å². The number of rotatable bonds is 7. The number of esters is 1. The van der Waals surface area contributed by atoms with Gasteiger partial charge in [-0.05, 0) is 26.2 Å². The van der Waals surface area contributed by atoms with E-state index in [4.69, 9.17) is 4.74 Å². The molecule has 1 unspecified atom stereocenters. The molecule has 0 aromatic heterocycles. The summed E-state index contributed by atoms with van der Waals surface area (Å²) in [6, 6.07) is 0. The second kappa shape index (κ2) is 7.84. The molecule has 2 heteroatoms. The molecule has 0 bridgehead atoms. The topological polar surface area (TPSA) is 26.3 Å². The molecule has 1 atom stereocenters. The molecule has 14 heavy (non-hydrogen) atoms. The van der Waals surface area contributed by atoms with Crippen LogP contribution < -0.4 is 0 Å². The summed E-state index contributed by atoms with van der Waals surface area (Å²) in [5.74, 6) is 0.0812. The zero-order valence-electron chi connectivity index (χ0n) is 10.0. The minimum absolute atomic E-state index is 0.0152. The van der Waals surface area contributed by atoms with Gasteiger partial charge in [0.15, 0.2) is 0 Å². The summed E-state index contributed by atoms with van der Waals surface area (Å²) in [5, 5.41) is 0. The van der Waals surface area contributed by atoms with Crippen molar-refractivity contribution in [3.63, 3.8) is 0 Å². The predicted molar refractivity (Wildman–Crippen MR) is 59.2 cm³/mol. The van der Waals surface area contributed by atoms with Gasteiger partial charge in [-0.15, -0.1) is 0 Å². The lowest BCUT2D eigenvalue weighted by atomic mass is 10.0. The molecule has 0 aromatic rings. The van der Waals surface area contributed by atoms with Crippen LogP contribution in [0.15, 0.2) is 0 Å². The summed E-state index contributed by atoms with van der Waals surface area (Å²) in [6.45, 7) is 8.20. The Morgan fingerprint density at radius 1 is 1.21 bits per heavy atom. The minimum Gasteiger partial charge on any atom is -0.462 e. The van der Waals surface area contributed by atoms with E-state index in [2.05, 4.69) is 6.92 Å². The molecular weight excluding hydrogens is 176 g/mol. The van der Waals surface area contributed by atoms with E-state index in [-0.39, 0.29) is 18.0 Å². The average Bonchev–Trinajstić information content (AvgIpc) is 2.16. The molecule has 84 valence electrons. The highest BCUT2D eigenvalue weighted by molar-refractivity contribution is 5.72. The predicted octanol–water partition coefficient (Wildman–Crippen LogP) is 3.54. The van der Waals surface area contributed by atoms with Crippen LogP contribution >= 0.6 is 0 Å². The first-order chi connectivity index (χ1) is 6.65. The largest absolute Gasteiger partial charge is 0.462 e. The number of ether oxygens (including phenoxy) is 1. The molecule has 0 heterocycles. The number of carbonyl (C=O) groups is 1. The third-order valence-electron chi connectivity index (χ3n) is 2.60. The van der Waals surface area contributed by atoms with Crippen molar-refractivity contribution < 1.29 is 9.53 Å². The maximum Gasteiger partial charge on any atom is 0.309 e. The Hall–Kier alpha value is -0.530. The lowest BCUT2D eigenvalue weighted by Gasteiger charge is -2.17. The van der Waals surface area contributed by atoms with Crippen molar-refractivity contribution in [3.05, 3.63) is 0 Å². The summed E-state index contributed by atoms with van der Waals surface area (Å²) in [4.78, 5) is 11.6. The second-order valence-electron chi connectivity index (χ2n) is 3.90. The molecule has 0 aliphatic heterocycles. The Bertz CT molecular complexity index is 150. The fourth-order valence-electron chi connectivity index (χ4n) is 1.47. The Balaban J connectivity index is 3.79. The van der Waals surface area contributed by atoms with Crippen molar-refractivity contribution >= 4 is 5.97 Å². The molecule has 2 nitrogen and oxygen atoms in total. The quantitative estimate of drug-likeness (QED) is 0.587. The van der Waals surface area contributed by atoms with Crippen molar-refractivity contribution in [1.82, 2.24) is 0 Å². The molecule has 0 fully saturated rings. The lowest BCUT2D eigenvalue weighted by Crippen LogP contribution is -2.21. The van der Waals surface area contributed by atoms with Gasteiger partial charge < -0.3 is 4.74 Å². The number of hydrogen-bond donors (Lipinski definition) is 0. The SMILES string of the molecule is CCCCC(C)OC(=O)C(CC)CC. The van der Waals surface area contributed by atoms with Gasteiger partial charge in [0.1, 0.15) is 0 Å². The molecule has 0 saturated carbocycles. The van der Waals surface area contributed by atoms with Crippen LogP contribution in [0.1, 0.15) is 59.8 Å². The van der Waals surface area contributed by atoms with Gasteiger partial charge in [-0.2, -0.15) is 0 Å². The Morgan fingerprint density at radius 2 is 1.79 bits per heavy atom. The fourth-order valence-corrected chi connectivity index (χ4v) is 1.47. The van der Waals surface area contributed by atoms with Crippen molar-refractivity contribution in [3.8, 4) is 0 Å². The first-order valence-electron chi connectivity index (χ1n) is 5.86. The third-order valence-corrected chi connectivity index (χ3v) is 2.60. The van der Waals surface area contributed by atoms with E-state index in [1.54, 1.807) is 0 Å². The summed E-state index contributed by atoms with van der Waals surface area (Å²) >= 11 is 0. The highest BCUT2D eigenvalue weighted by Crippen LogP contribution is 2.13. The molecule has 0 radical (unpaired) electrons. The van der Waals surface area contributed by atoms with Gasteiger partial charge in [-0.3, -0.25) is 4.79 Å². The summed E-state index contributed by atoms with van der Waals surface area (Å²) in [5.41, 5.74) is 0. The zero-order chi connectivity index (χ0) is 11.0. The van der Waals surface area contributed by atoms with Crippen LogP contribution in [0.3, 0.4) is 0 Å². The van der Waals surface area contributed by atoms with Crippen LogP contribution in [0.2, 0.25) is 0 Å². The monoisotopic (exact) mass is 200 g/mol. The van der Waals surface area contributed by atoms with E-state index in [1.165, 1.54) is 0 Å². The van der Waals surface area contributed by atoms with Crippen molar-refractivity contribution in [2.75, 3.05) is 0 Å². The Morgan fingerprint density at radius 3 is 2.21 bits per heavy atom. The molecule has 0 aromatic carbocycles. The van der Waals surface area contributed by atoms with Crippen molar-refractivity contribution in [2.24, 2.45) is 5.92 Å². The smallest absolute Gasteiger partial charge is 0.309 e. The van der Waals surface area contributed by atoms with Gasteiger partial charge in [0.05, 0.1) is 12.0 Å². The van der Waals surface area contributed by atoms with E-state index < -0.39 is 0 Å². The Labute approximate surface area is 88.0 Å². The van der Waals surface area contributed by atoms with Crippen LogP contribution in [-0.4, -0.2) is 12.1 Å². The maximum absolute atomic E-state index is 11.6. The second-order valence-corrected chi connectivity index (χ2v) is 3.90. The van der Waals surface area contributed by atoms with Gasteiger partial charge >= 0.3 is 5.97 Å². The van der Waals surface area contributed by atoms with Gasteiger partial charge in [-0.1, -0.05) is 33.6 Å². The molecule has 0 amide bonds. The summed E-state index contributed by atoms with van der Waals surface area (Å²) in [6.07, 6.45) is 5.14. The molecule has 0 N–H and O–H groups in total. The number of carbonyl (C=O) groups excluding carboxylic acids is 1. The van der Waals surface area contributed by atoms with E-state index in [0.717, 1.165) is 32.1 Å². The van der Waals surface area contributed by atoms with Crippen LogP contribution in [0.4, 0.5) is 0 Å². The molecule has 0 aliphatic rings. The van der Waals surface area contributed by atoms with Crippen LogP contribution in [0.5, 0.6) is 0 Å². The van der Waals surface area contributed by atoms with Gasteiger partial charge in [-0.25, -0.2) is 0 Å². The van der Waals surface area contributed by atoms with Crippen LogP contribution in [-0.2, 0) is 9.53 Å². The molecule has 0 aliphatic carbocycles. The first kappa shape index (κ1) is 13.5. The van der Waals surface area contributed by atoms with Gasteiger partial charge in [0.2, 0.25) is 0 Å². The van der Waals surface area contributed by atoms with Crippen molar-refractivity contribution in [2.45, 2.75) is 65.9 Å². The Kier molecular flexibility index (Phi) is 7.54. The molecule has 0 saturated heterocycles. The van der Waals surface area contributed by atoms with Crippen LogP contribution in [0, 0.1) is 5.92 Å². The third kappa shape index (κ3) is 5.25. The normalized spacial score (nSPS) is 12.9. The summed E-state index contributed by atoms with van der Waals surface area (Å²) in [7, 11) is 0. The van der Waals surface area contributed by atoms with Gasteiger partial charge in [0.25, 0.3) is 0 Å². The van der Waals surface area contributed by atoms with Crippen molar-refractivity contribution in [1.29, 1.82) is 0 Å². The highest BCUT2D eigenvalue weighted by Gasteiger charge is 2.17. The number of unbranched alkanes of at least 4 members (excludes halogenated alkanes) is 1. The first-order valence-corrected chi connectivity index (χ1v) is 5.86. The molecule has 0 rings (SSSR count). The zero-order valence-corrected chi connectivity index (χ0v) is 10.0. The standard InChI is InChI=1S/C12H24O2/c1-5-8-9-10(4)14-12(13)11(6-2)7-3/h10-11H,5-9H2,1-4H3. The van der Waals surface area contributed by atoms with E-state index in [1.807, 2.05) is 20.8 Å². The fraction of sp³-hybridized carbons (Fsp3) is 0.917. The maximum atomic E-state index is 11.6. The minimum atomic E-state index is -0.0152. The highest BCUT2D eigenvalue weighted by atomic mass is 16.5. The molecule has 0 spiro atoms. The lowest BCUT2D eigenvalue weighted by molar-refractivity contribution is -0.153.